The Hall–Kier alpha value is -1.97. The van der Waals surface area contributed by atoms with Crippen LogP contribution in [0, 0.1) is 6.92 Å². The van der Waals surface area contributed by atoms with Crippen molar-refractivity contribution in [1.29, 1.82) is 0 Å². The number of hydrogen-bond acceptors (Lipinski definition) is 4. The Morgan fingerprint density at radius 2 is 1.89 bits per heavy atom. The number of hydrogen-bond donors (Lipinski definition) is 1. The number of rotatable bonds is 4. The first-order valence-electron chi connectivity index (χ1n) is 6.17. The Kier molecular flexibility index (Phi) is 3.87. The van der Waals surface area contributed by atoms with Crippen molar-refractivity contribution in [2.45, 2.75) is 26.7 Å². The monoisotopic (exact) mass is 242 g/mol. The van der Waals surface area contributed by atoms with Crippen LogP contribution in [0.25, 0.3) is 0 Å². The Morgan fingerprint density at radius 3 is 2.50 bits per heavy atom. The maximum absolute atomic E-state index is 4.62. The molecular weight excluding hydrogens is 224 g/mol. The molecule has 0 atom stereocenters. The van der Waals surface area contributed by atoms with E-state index < -0.39 is 0 Å². The van der Waals surface area contributed by atoms with Crippen LogP contribution >= 0.6 is 0 Å². The lowest BCUT2D eigenvalue weighted by Gasteiger charge is -2.11. The third-order valence-corrected chi connectivity index (χ3v) is 2.98. The molecule has 4 nitrogen and oxygen atoms in total. The minimum Gasteiger partial charge on any atom is -0.373 e. The van der Waals surface area contributed by atoms with Crippen LogP contribution in [0.4, 0.5) is 5.82 Å². The Balaban J connectivity index is 2.34. The molecule has 18 heavy (non-hydrogen) atoms. The van der Waals surface area contributed by atoms with Gasteiger partial charge in [0.2, 0.25) is 0 Å². The maximum Gasteiger partial charge on any atom is 0.135 e. The molecule has 0 amide bonds. The predicted molar refractivity (Wildman–Crippen MR) is 72.7 cm³/mol. The fourth-order valence-corrected chi connectivity index (χ4v) is 1.96. The van der Waals surface area contributed by atoms with Crippen LogP contribution in [-0.2, 0) is 12.8 Å². The van der Waals surface area contributed by atoms with E-state index in [1.54, 1.807) is 12.4 Å². The summed E-state index contributed by atoms with van der Waals surface area (Å²) >= 11 is 0. The highest BCUT2D eigenvalue weighted by Gasteiger charge is 2.08. The SMILES string of the molecule is CCc1nc(Cc2ccncc2)nc(NC)c1C. The fraction of sp³-hybridized carbons (Fsp3) is 0.357. The van der Waals surface area contributed by atoms with Gasteiger partial charge in [-0.05, 0) is 31.0 Å². The summed E-state index contributed by atoms with van der Waals surface area (Å²) in [5.41, 5.74) is 3.43. The first-order chi connectivity index (χ1) is 8.74. The summed E-state index contributed by atoms with van der Waals surface area (Å²) in [6, 6.07) is 3.99. The van der Waals surface area contributed by atoms with Gasteiger partial charge in [-0.2, -0.15) is 0 Å². The smallest absolute Gasteiger partial charge is 0.135 e. The predicted octanol–water partition coefficient (Wildman–Crippen LogP) is 2.37. The van der Waals surface area contributed by atoms with E-state index in [-0.39, 0.29) is 0 Å². The van der Waals surface area contributed by atoms with E-state index in [9.17, 15) is 0 Å². The van der Waals surface area contributed by atoms with Gasteiger partial charge in [-0.15, -0.1) is 0 Å². The summed E-state index contributed by atoms with van der Waals surface area (Å²) in [7, 11) is 1.89. The van der Waals surface area contributed by atoms with Crippen LogP contribution in [0.3, 0.4) is 0 Å². The number of aryl methyl sites for hydroxylation is 1. The van der Waals surface area contributed by atoms with Crippen LogP contribution in [0.15, 0.2) is 24.5 Å². The van der Waals surface area contributed by atoms with E-state index in [4.69, 9.17) is 0 Å². The number of nitrogens with one attached hydrogen (secondary N) is 1. The summed E-state index contributed by atoms with van der Waals surface area (Å²) in [6.07, 6.45) is 5.25. The fourth-order valence-electron chi connectivity index (χ4n) is 1.96. The van der Waals surface area contributed by atoms with Crippen molar-refractivity contribution in [3.63, 3.8) is 0 Å². The van der Waals surface area contributed by atoms with Gasteiger partial charge in [0, 0.05) is 37.1 Å². The first kappa shape index (κ1) is 12.5. The molecule has 0 spiro atoms. The van der Waals surface area contributed by atoms with Gasteiger partial charge in [0.15, 0.2) is 0 Å². The maximum atomic E-state index is 4.62. The van der Waals surface area contributed by atoms with Crippen LogP contribution < -0.4 is 5.32 Å². The molecule has 0 radical (unpaired) electrons. The molecule has 2 aromatic heterocycles. The molecule has 4 heteroatoms. The van der Waals surface area contributed by atoms with Crippen molar-refractivity contribution in [1.82, 2.24) is 15.0 Å². The van der Waals surface area contributed by atoms with Crippen LogP contribution in [0.1, 0.15) is 29.6 Å². The van der Waals surface area contributed by atoms with Gasteiger partial charge in [-0.3, -0.25) is 4.98 Å². The van der Waals surface area contributed by atoms with E-state index in [2.05, 4.69) is 34.1 Å². The second-order valence-corrected chi connectivity index (χ2v) is 4.20. The van der Waals surface area contributed by atoms with Gasteiger partial charge in [0.25, 0.3) is 0 Å². The zero-order valence-electron chi connectivity index (χ0n) is 11.1. The van der Waals surface area contributed by atoms with Crippen molar-refractivity contribution in [3.8, 4) is 0 Å². The van der Waals surface area contributed by atoms with Gasteiger partial charge in [-0.25, -0.2) is 9.97 Å². The lowest BCUT2D eigenvalue weighted by atomic mass is 10.1. The molecule has 1 N–H and O–H groups in total. The number of anilines is 1. The van der Waals surface area contributed by atoms with Crippen LogP contribution in [0.2, 0.25) is 0 Å². The lowest BCUT2D eigenvalue weighted by Crippen LogP contribution is -2.07. The van der Waals surface area contributed by atoms with Crippen molar-refractivity contribution in [3.05, 3.63) is 47.2 Å². The second kappa shape index (κ2) is 5.58. The molecule has 0 aliphatic carbocycles. The third kappa shape index (κ3) is 2.64. The van der Waals surface area contributed by atoms with E-state index in [1.807, 2.05) is 19.2 Å². The van der Waals surface area contributed by atoms with Crippen LogP contribution in [-0.4, -0.2) is 22.0 Å². The van der Waals surface area contributed by atoms with Gasteiger partial charge in [-0.1, -0.05) is 6.92 Å². The molecule has 2 heterocycles. The second-order valence-electron chi connectivity index (χ2n) is 4.20. The molecule has 2 aromatic rings. The van der Waals surface area contributed by atoms with E-state index in [1.165, 1.54) is 5.56 Å². The molecule has 0 bridgehead atoms. The molecule has 0 aliphatic heterocycles. The quantitative estimate of drug-likeness (QED) is 0.894. The standard InChI is InChI=1S/C14H18N4/c1-4-12-10(2)14(15-3)18-13(17-12)9-11-5-7-16-8-6-11/h5-8H,4,9H2,1-3H3,(H,15,17,18). The zero-order chi connectivity index (χ0) is 13.0. The average molecular weight is 242 g/mol. The molecule has 94 valence electrons. The van der Waals surface area contributed by atoms with Crippen molar-refractivity contribution in [2.24, 2.45) is 0 Å². The molecule has 0 saturated heterocycles. The summed E-state index contributed by atoms with van der Waals surface area (Å²) in [5.74, 6) is 1.78. The number of aromatic nitrogens is 3. The Labute approximate surface area is 108 Å². The van der Waals surface area contributed by atoms with Gasteiger partial charge in [0.1, 0.15) is 11.6 Å². The van der Waals surface area contributed by atoms with Crippen molar-refractivity contribution in [2.75, 3.05) is 12.4 Å². The van der Waals surface area contributed by atoms with E-state index >= 15 is 0 Å². The molecule has 0 unspecified atom stereocenters. The first-order valence-corrected chi connectivity index (χ1v) is 6.17. The molecule has 0 fully saturated rings. The Bertz CT molecular complexity index is 498. The zero-order valence-corrected chi connectivity index (χ0v) is 11.1. The molecule has 0 saturated carbocycles. The van der Waals surface area contributed by atoms with Gasteiger partial charge < -0.3 is 5.32 Å². The van der Waals surface area contributed by atoms with Gasteiger partial charge in [0.05, 0.1) is 0 Å². The highest BCUT2D eigenvalue weighted by atomic mass is 15.0. The molecule has 2 rings (SSSR count). The van der Waals surface area contributed by atoms with Crippen molar-refractivity contribution < 1.29 is 0 Å². The molecule has 0 aliphatic rings. The normalized spacial score (nSPS) is 10.4. The minimum absolute atomic E-state index is 0.741. The third-order valence-electron chi connectivity index (χ3n) is 2.98. The topological polar surface area (TPSA) is 50.7 Å². The largest absolute Gasteiger partial charge is 0.373 e. The summed E-state index contributed by atoms with van der Waals surface area (Å²) in [5, 5.41) is 3.13. The summed E-state index contributed by atoms with van der Waals surface area (Å²) in [4.78, 5) is 13.2. The highest BCUT2D eigenvalue weighted by Crippen LogP contribution is 2.17. The highest BCUT2D eigenvalue weighted by molar-refractivity contribution is 5.45. The average Bonchev–Trinajstić information content (AvgIpc) is 2.41. The van der Waals surface area contributed by atoms with E-state index in [0.29, 0.717) is 0 Å². The van der Waals surface area contributed by atoms with Crippen molar-refractivity contribution >= 4 is 5.82 Å². The van der Waals surface area contributed by atoms with Gasteiger partial charge >= 0.3 is 0 Å². The van der Waals surface area contributed by atoms with Crippen LogP contribution in [0.5, 0.6) is 0 Å². The Morgan fingerprint density at radius 1 is 1.17 bits per heavy atom. The number of pyridine rings is 1. The summed E-state index contributed by atoms with van der Waals surface area (Å²) in [6.45, 7) is 4.17. The lowest BCUT2D eigenvalue weighted by molar-refractivity contribution is 0.890. The van der Waals surface area contributed by atoms with E-state index in [0.717, 1.165) is 35.7 Å². The molecule has 0 aromatic carbocycles. The number of nitrogens with zero attached hydrogens (tertiary/aromatic N) is 3. The summed E-state index contributed by atoms with van der Waals surface area (Å²) < 4.78 is 0. The molecular formula is C14H18N4. The minimum atomic E-state index is 0.741.